The fourth-order valence-corrected chi connectivity index (χ4v) is 2.00. The maximum Gasteiger partial charge on any atom is 0.251 e. The van der Waals surface area contributed by atoms with Crippen molar-refractivity contribution in [2.75, 3.05) is 6.54 Å². The average Bonchev–Trinajstić information content (AvgIpc) is 2.90. The summed E-state index contributed by atoms with van der Waals surface area (Å²) in [6.45, 7) is 4.61. The normalized spacial score (nSPS) is 10.4. The minimum atomic E-state index is 0.000597. The van der Waals surface area contributed by atoms with Crippen molar-refractivity contribution in [1.29, 1.82) is 0 Å². The Morgan fingerprint density at radius 2 is 2.11 bits per heavy atom. The van der Waals surface area contributed by atoms with Gasteiger partial charge in [0.25, 0.3) is 5.91 Å². The monoisotopic (exact) mass is 257 g/mol. The van der Waals surface area contributed by atoms with Crippen molar-refractivity contribution in [1.82, 2.24) is 5.32 Å². The summed E-state index contributed by atoms with van der Waals surface area (Å²) >= 11 is 0. The molecule has 1 amide bonds. The minimum Gasteiger partial charge on any atom is -0.469 e. The molecule has 19 heavy (non-hydrogen) atoms. The number of carbonyl (C=O) groups is 1. The summed E-state index contributed by atoms with van der Waals surface area (Å²) in [5, 5.41) is 2.95. The van der Waals surface area contributed by atoms with Gasteiger partial charge in [0, 0.05) is 18.5 Å². The summed E-state index contributed by atoms with van der Waals surface area (Å²) in [5.41, 5.74) is 2.87. The van der Waals surface area contributed by atoms with Gasteiger partial charge < -0.3 is 9.73 Å². The fraction of sp³-hybridized carbons (Fsp3) is 0.312. The number of aryl methyl sites for hydroxylation is 3. The van der Waals surface area contributed by atoms with Gasteiger partial charge in [-0.15, -0.1) is 0 Å². The van der Waals surface area contributed by atoms with Crippen molar-refractivity contribution >= 4 is 5.91 Å². The van der Waals surface area contributed by atoms with Crippen LogP contribution < -0.4 is 5.32 Å². The van der Waals surface area contributed by atoms with Gasteiger partial charge in [0.1, 0.15) is 5.76 Å². The van der Waals surface area contributed by atoms with Crippen LogP contribution >= 0.6 is 0 Å². The van der Waals surface area contributed by atoms with Gasteiger partial charge in [-0.2, -0.15) is 0 Å². The molecule has 0 saturated carbocycles. The molecular weight excluding hydrogens is 238 g/mol. The van der Waals surface area contributed by atoms with E-state index in [0.29, 0.717) is 6.54 Å². The van der Waals surface area contributed by atoms with Gasteiger partial charge in [0.15, 0.2) is 0 Å². The van der Waals surface area contributed by atoms with E-state index in [4.69, 9.17) is 4.42 Å². The fourth-order valence-electron chi connectivity index (χ4n) is 2.00. The van der Waals surface area contributed by atoms with Crippen LogP contribution in [0.5, 0.6) is 0 Å². The van der Waals surface area contributed by atoms with Crippen molar-refractivity contribution in [3.05, 3.63) is 59.0 Å². The van der Waals surface area contributed by atoms with Crippen LogP contribution in [0.25, 0.3) is 0 Å². The lowest BCUT2D eigenvalue weighted by Gasteiger charge is -2.08. The quantitative estimate of drug-likeness (QED) is 0.835. The van der Waals surface area contributed by atoms with Gasteiger partial charge in [-0.3, -0.25) is 4.79 Å². The smallest absolute Gasteiger partial charge is 0.251 e. The zero-order valence-corrected chi connectivity index (χ0v) is 11.4. The first-order valence-electron chi connectivity index (χ1n) is 6.54. The van der Waals surface area contributed by atoms with E-state index >= 15 is 0 Å². The molecule has 0 radical (unpaired) electrons. The summed E-state index contributed by atoms with van der Waals surface area (Å²) in [7, 11) is 0. The highest BCUT2D eigenvalue weighted by Gasteiger charge is 2.08. The van der Waals surface area contributed by atoms with Gasteiger partial charge >= 0.3 is 0 Å². The van der Waals surface area contributed by atoms with Crippen LogP contribution in [-0.4, -0.2) is 12.5 Å². The largest absolute Gasteiger partial charge is 0.469 e. The molecule has 0 spiro atoms. The summed E-state index contributed by atoms with van der Waals surface area (Å²) < 4.78 is 5.25. The van der Waals surface area contributed by atoms with Crippen LogP contribution in [0.2, 0.25) is 0 Å². The van der Waals surface area contributed by atoms with Crippen molar-refractivity contribution in [3.63, 3.8) is 0 Å². The summed E-state index contributed by atoms with van der Waals surface area (Å²) in [5.74, 6) is 0.960. The first kappa shape index (κ1) is 13.4. The highest BCUT2D eigenvalue weighted by molar-refractivity contribution is 5.95. The number of furan rings is 1. The average molecular weight is 257 g/mol. The molecule has 3 heteroatoms. The molecule has 0 aliphatic rings. The molecule has 1 heterocycles. The summed E-state index contributed by atoms with van der Waals surface area (Å²) in [4.78, 5) is 12.0. The molecule has 0 atom stereocenters. The van der Waals surface area contributed by atoms with Crippen LogP contribution in [0.4, 0.5) is 0 Å². The number of carbonyl (C=O) groups excluding carboxylic acids is 1. The molecule has 0 saturated heterocycles. The third-order valence-electron chi connectivity index (χ3n) is 3.10. The third-order valence-corrected chi connectivity index (χ3v) is 3.10. The molecular formula is C16H19NO2. The van der Waals surface area contributed by atoms with Crippen LogP contribution in [-0.2, 0) is 6.42 Å². The maximum absolute atomic E-state index is 12.0. The number of nitrogens with one attached hydrogen (secondary N) is 1. The summed E-state index contributed by atoms with van der Waals surface area (Å²) in [6, 6.07) is 9.75. The van der Waals surface area contributed by atoms with Crippen molar-refractivity contribution in [2.45, 2.75) is 26.7 Å². The maximum atomic E-state index is 12.0. The topological polar surface area (TPSA) is 42.2 Å². The third kappa shape index (κ3) is 3.71. The van der Waals surface area contributed by atoms with E-state index in [1.165, 1.54) is 0 Å². The molecule has 2 aromatic rings. The molecule has 2 rings (SSSR count). The number of hydrogen-bond acceptors (Lipinski definition) is 2. The lowest BCUT2D eigenvalue weighted by Crippen LogP contribution is -2.25. The zero-order valence-electron chi connectivity index (χ0n) is 11.4. The van der Waals surface area contributed by atoms with E-state index in [0.717, 1.165) is 35.3 Å². The molecule has 0 unspecified atom stereocenters. The van der Waals surface area contributed by atoms with Crippen LogP contribution in [0.1, 0.15) is 33.7 Å². The van der Waals surface area contributed by atoms with E-state index in [-0.39, 0.29) is 5.91 Å². The molecule has 0 fully saturated rings. The predicted octanol–water partition coefficient (Wildman–Crippen LogP) is 3.26. The Morgan fingerprint density at radius 3 is 2.84 bits per heavy atom. The van der Waals surface area contributed by atoms with Crippen molar-refractivity contribution in [2.24, 2.45) is 0 Å². The molecule has 0 bridgehead atoms. The van der Waals surface area contributed by atoms with Crippen molar-refractivity contribution in [3.8, 4) is 0 Å². The van der Waals surface area contributed by atoms with Gasteiger partial charge in [-0.25, -0.2) is 0 Å². The Kier molecular flexibility index (Phi) is 4.39. The Bertz CT molecular complexity index is 544. The molecule has 0 aliphatic carbocycles. The zero-order chi connectivity index (χ0) is 13.7. The van der Waals surface area contributed by atoms with E-state index in [2.05, 4.69) is 5.32 Å². The molecule has 1 aromatic carbocycles. The second-order valence-corrected chi connectivity index (χ2v) is 4.76. The first-order chi connectivity index (χ1) is 9.16. The van der Waals surface area contributed by atoms with Gasteiger partial charge in [-0.05, 0) is 44.0 Å². The van der Waals surface area contributed by atoms with Crippen LogP contribution in [0, 0.1) is 13.8 Å². The number of rotatable bonds is 5. The van der Waals surface area contributed by atoms with Crippen molar-refractivity contribution < 1.29 is 9.21 Å². The summed E-state index contributed by atoms with van der Waals surface area (Å²) in [6.07, 6.45) is 3.40. The predicted molar refractivity (Wildman–Crippen MR) is 75.3 cm³/mol. The second kappa shape index (κ2) is 6.23. The minimum absolute atomic E-state index is 0.000597. The lowest BCUT2D eigenvalue weighted by molar-refractivity contribution is 0.0952. The van der Waals surface area contributed by atoms with Gasteiger partial charge in [0.05, 0.1) is 6.26 Å². The lowest BCUT2D eigenvalue weighted by atomic mass is 10.1. The Morgan fingerprint density at radius 1 is 1.26 bits per heavy atom. The van der Waals surface area contributed by atoms with E-state index in [9.17, 15) is 4.79 Å². The highest BCUT2D eigenvalue weighted by Crippen LogP contribution is 2.10. The van der Waals surface area contributed by atoms with Crippen LogP contribution in [0.3, 0.4) is 0 Å². The Balaban J connectivity index is 1.82. The molecule has 0 aliphatic heterocycles. The second-order valence-electron chi connectivity index (χ2n) is 4.76. The first-order valence-corrected chi connectivity index (χ1v) is 6.54. The Hall–Kier alpha value is -2.03. The SMILES string of the molecule is Cc1ccc(C)c(C(=O)NCCCc2ccco2)c1. The number of benzene rings is 1. The molecule has 1 N–H and O–H groups in total. The van der Waals surface area contributed by atoms with E-state index in [1.54, 1.807) is 6.26 Å². The highest BCUT2D eigenvalue weighted by atomic mass is 16.3. The van der Waals surface area contributed by atoms with Gasteiger partial charge in [-0.1, -0.05) is 17.7 Å². The number of amides is 1. The van der Waals surface area contributed by atoms with E-state index in [1.807, 2.05) is 44.2 Å². The molecule has 3 nitrogen and oxygen atoms in total. The molecule has 100 valence electrons. The van der Waals surface area contributed by atoms with Gasteiger partial charge in [0.2, 0.25) is 0 Å². The Labute approximate surface area is 113 Å². The molecule has 1 aromatic heterocycles. The van der Waals surface area contributed by atoms with E-state index < -0.39 is 0 Å². The standard InChI is InChI=1S/C16H19NO2/c1-12-7-8-13(2)15(11-12)16(18)17-9-3-5-14-6-4-10-19-14/h4,6-8,10-11H,3,5,9H2,1-2H3,(H,17,18). The van der Waals surface area contributed by atoms with Crippen LogP contribution in [0.15, 0.2) is 41.0 Å². The number of hydrogen-bond donors (Lipinski definition) is 1.